The van der Waals surface area contributed by atoms with Crippen LogP contribution in [0.2, 0.25) is 0 Å². The third-order valence-electron chi connectivity index (χ3n) is 2.53. The summed E-state index contributed by atoms with van der Waals surface area (Å²) in [5.74, 6) is -0.922. The van der Waals surface area contributed by atoms with Gasteiger partial charge in [0.2, 0.25) is 0 Å². The van der Waals surface area contributed by atoms with Crippen molar-refractivity contribution in [1.82, 2.24) is 0 Å². The number of anilines is 1. The number of carbonyl (C=O) groups is 1. The summed E-state index contributed by atoms with van der Waals surface area (Å²) >= 11 is 8.46. The van der Waals surface area contributed by atoms with Crippen molar-refractivity contribution < 1.29 is 9.90 Å². The highest BCUT2D eigenvalue weighted by Gasteiger charge is 2.10. The second-order valence-corrected chi connectivity index (χ2v) is 7.34. The van der Waals surface area contributed by atoms with Crippen LogP contribution in [0.4, 0.5) is 5.69 Å². The fourth-order valence-electron chi connectivity index (χ4n) is 1.66. The van der Waals surface area contributed by atoms with Crippen LogP contribution >= 0.6 is 43.2 Å². The Morgan fingerprint density at radius 3 is 2.68 bits per heavy atom. The van der Waals surface area contributed by atoms with Gasteiger partial charge in [0.05, 0.1) is 9.35 Å². The summed E-state index contributed by atoms with van der Waals surface area (Å²) in [4.78, 5) is 12.4. The Hall–Kier alpha value is -0.850. The number of nitrogens with one attached hydrogen (secondary N) is 1. The molecule has 3 nitrogen and oxygen atoms in total. The second kappa shape index (κ2) is 6.54. The van der Waals surface area contributed by atoms with Crippen molar-refractivity contribution in [2.24, 2.45) is 0 Å². The maximum atomic E-state index is 11.1. The van der Waals surface area contributed by atoms with Crippen molar-refractivity contribution in [2.45, 2.75) is 6.42 Å². The third kappa shape index (κ3) is 4.06. The van der Waals surface area contributed by atoms with Gasteiger partial charge in [-0.2, -0.15) is 0 Å². The number of hydrogen-bond acceptors (Lipinski definition) is 3. The molecular weight excluding hydrogens is 394 g/mol. The predicted molar refractivity (Wildman–Crippen MR) is 85.3 cm³/mol. The standard InChI is InChI=1S/C13H11Br2NO2S/c14-8-1-3-10(13(17)18)11(7-8)16-6-5-9-2-4-12(15)19-9/h1-4,7,16H,5-6H2,(H,17,18). The van der Waals surface area contributed by atoms with Gasteiger partial charge in [0, 0.05) is 21.6 Å². The number of aromatic carboxylic acids is 1. The molecule has 0 fully saturated rings. The molecule has 2 N–H and O–H groups in total. The number of carboxylic acids is 1. The van der Waals surface area contributed by atoms with Crippen LogP contribution in [0.15, 0.2) is 38.6 Å². The molecular formula is C13H11Br2NO2S. The summed E-state index contributed by atoms with van der Waals surface area (Å²) in [7, 11) is 0. The van der Waals surface area contributed by atoms with E-state index in [-0.39, 0.29) is 5.56 Å². The minimum atomic E-state index is -0.922. The van der Waals surface area contributed by atoms with Crippen molar-refractivity contribution in [1.29, 1.82) is 0 Å². The van der Waals surface area contributed by atoms with E-state index in [0.717, 1.165) is 14.7 Å². The number of rotatable bonds is 5. The molecule has 0 saturated carbocycles. The SMILES string of the molecule is O=C(O)c1ccc(Br)cc1NCCc1ccc(Br)s1. The molecule has 1 aromatic carbocycles. The second-order valence-electron chi connectivity index (χ2n) is 3.88. The molecule has 0 spiro atoms. The zero-order valence-corrected chi connectivity index (χ0v) is 13.8. The average molecular weight is 405 g/mol. The minimum absolute atomic E-state index is 0.288. The molecule has 0 bridgehead atoms. The molecule has 2 aromatic rings. The normalized spacial score (nSPS) is 10.4. The molecule has 0 aliphatic rings. The van der Waals surface area contributed by atoms with E-state index in [2.05, 4.69) is 43.2 Å². The number of benzene rings is 1. The first-order valence-corrected chi connectivity index (χ1v) is 7.97. The molecule has 0 aliphatic carbocycles. The van der Waals surface area contributed by atoms with Crippen LogP contribution in [-0.4, -0.2) is 17.6 Å². The van der Waals surface area contributed by atoms with Crippen molar-refractivity contribution >= 4 is 54.9 Å². The fraction of sp³-hybridized carbons (Fsp3) is 0.154. The van der Waals surface area contributed by atoms with E-state index >= 15 is 0 Å². The molecule has 100 valence electrons. The van der Waals surface area contributed by atoms with E-state index in [1.807, 2.05) is 6.07 Å². The van der Waals surface area contributed by atoms with Gasteiger partial charge in [-0.25, -0.2) is 4.79 Å². The lowest BCUT2D eigenvalue weighted by molar-refractivity contribution is 0.0698. The highest BCUT2D eigenvalue weighted by atomic mass is 79.9. The van der Waals surface area contributed by atoms with Gasteiger partial charge in [0.15, 0.2) is 0 Å². The van der Waals surface area contributed by atoms with Gasteiger partial charge in [0.1, 0.15) is 0 Å². The first-order valence-electron chi connectivity index (χ1n) is 5.57. The minimum Gasteiger partial charge on any atom is -0.478 e. The van der Waals surface area contributed by atoms with Gasteiger partial charge in [-0.3, -0.25) is 0 Å². The first kappa shape index (κ1) is 14.6. The Balaban J connectivity index is 2.02. The molecule has 2 rings (SSSR count). The van der Waals surface area contributed by atoms with Crippen LogP contribution in [0, 0.1) is 0 Å². The molecule has 1 aromatic heterocycles. The Morgan fingerprint density at radius 1 is 1.26 bits per heavy atom. The van der Waals surface area contributed by atoms with Crippen molar-refractivity contribution in [3.05, 3.63) is 49.0 Å². The van der Waals surface area contributed by atoms with E-state index in [1.54, 1.807) is 29.5 Å². The molecule has 0 radical (unpaired) electrons. The molecule has 0 aliphatic heterocycles. The van der Waals surface area contributed by atoms with E-state index in [1.165, 1.54) is 4.88 Å². The van der Waals surface area contributed by atoms with Crippen molar-refractivity contribution in [3.8, 4) is 0 Å². The number of hydrogen-bond donors (Lipinski definition) is 2. The number of carboxylic acid groups (broad SMARTS) is 1. The Bertz CT molecular complexity index is 598. The first-order chi connectivity index (χ1) is 9.06. The number of halogens is 2. The van der Waals surface area contributed by atoms with Gasteiger partial charge in [-0.1, -0.05) is 15.9 Å². The van der Waals surface area contributed by atoms with Gasteiger partial charge in [-0.05, 0) is 52.7 Å². The Kier molecular flexibility index (Phi) is 5.01. The zero-order valence-electron chi connectivity index (χ0n) is 9.82. The molecule has 6 heteroatoms. The summed E-state index contributed by atoms with van der Waals surface area (Å²) in [6, 6.07) is 9.19. The van der Waals surface area contributed by atoms with Gasteiger partial charge in [0.25, 0.3) is 0 Å². The summed E-state index contributed by atoms with van der Waals surface area (Å²) in [6.07, 6.45) is 0.863. The van der Waals surface area contributed by atoms with E-state index < -0.39 is 5.97 Å². The van der Waals surface area contributed by atoms with E-state index in [0.29, 0.717) is 12.2 Å². The lowest BCUT2D eigenvalue weighted by Gasteiger charge is -2.09. The lowest BCUT2D eigenvalue weighted by Crippen LogP contribution is -2.09. The largest absolute Gasteiger partial charge is 0.478 e. The van der Waals surface area contributed by atoms with Crippen molar-refractivity contribution in [3.63, 3.8) is 0 Å². The maximum Gasteiger partial charge on any atom is 0.337 e. The summed E-state index contributed by atoms with van der Waals surface area (Å²) < 4.78 is 1.97. The van der Waals surface area contributed by atoms with Gasteiger partial charge in [-0.15, -0.1) is 11.3 Å². The average Bonchev–Trinajstić information content (AvgIpc) is 2.75. The fourth-order valence-corrected chi connectivity index (χ4v) is 3.50. The van der Waals surface area contributed by atoms with Gasteiger partial charge < -0.3 is 10.4 Å². The lowest BCUT2D eigenvalue weighted by atomic mass is 10.2. The van der Waals surface area contributed by atoms with Crippen molar-refractivity contribution in [2.75, 3.05) is 11.9 Å². The Labute approximate surface area is 131 Å². The summed E-state index contributed by atoms with van der Waals surface area (Å²) in [5.41, 5.74) is 0.924. The highest BCUT2D eigenvalue weighted by molar-refractivity contribution is 9.11. The molecule has 0 saturated heterocycles. The molecule has 1 heterocycles. The number of thiophene rings is 1. The van der Waals surface area contributed by atoms with Crippen LogP contribution in [0.3, 0.4) is 0 Å². The quantitative estimate of drug-likeness (QED) is 0.763. The molecule has 19 heavy (non-hydrogen) atoms. The third-order valence-corrected chi connectivity index (χ3v) is 4.70. The smallest absolute Gasteiger partial charge is 0.337 e. The Morgan fingerprint density at radius 2 is 2.05 bits per heavy atom. The van der Waals surface area contributed by atoms with Crippen LogP contribution < -0.4 is 5.32 Å². The molecule has 0 unspecified atom stereocenters. The molecule has 0 amide bonds. The maximum absolute atomic E-state index is 11.1. The predicted octanol–water partition coefficient (Wildman–Crippen LogP) is 4.63. The zero-order chi connectivity index (χ0) is 13.8. The van der Waals surface area contributed by atoms with E-state index in [4.69, 9.17) is 5.11 Å². The molecule has 0 atom stereocenters. The van der Waals surface area contributed by atoms with Crippen LogP contribution in [0.1, 0.15) is 15.2 Å². The highest BCUT2D eigenvalue weighted by Crippen LogP contribution is 2.24. The van der Waals surface area contributed by atoms with Gasteiger partial charge >= 0.3 is 5.97 Å². The summed E-state index contributed by atoms with van der Waals surface area (Å²) in [6.45, 7) is 0.698. The van der Waals surface area contributed by atoms with E-state index in [9.17, 15) is 4.79 Å². The van der Waals surface area contributed by atoms with Crippen LogP contribution in [0.25, 0.3) is 0 Å². The van der Waals surface area contributed by atoms with Crippen LogP contribution in [-0.2, 0) is 6.42 Å². The van der Waals surface area contributed by atoms with Crippen LogP contribution in [0.5, 0.6) is 0 Å². The monoisotopic (exact) mass is 403 g/mol. The topological polar surface area (TPSA) is 49.3 Å². The summed E-state index contributed by atoms with van der Waals surface area (Å²) in [5, 5.41) is 12.3.